The number of fused-ring (bicyclic) bond motifs is 9. The molecule has 3 aromatic heterocycles. The number of rotatable bonds is 4. The molecule has 0 aliphatic heterocycles. The van der Waals surface area contributed by atoms with Crippen molar-refractivity contribution in [2.24, 2.45) is 0 Å². The van der Waals surface area contributed by atoms with E-state index in [2.05, 4.69) is 103 Å². The van der Waals surface area contributed by atoms with Crippen molar-refractivity contribution in [2.45, 2.75) is 25.7 Å². The Morgan fingerprint density at radius 1 is 0.462 bits per heavy atom. The van der Waals surface area contributed by atoms with Gasteiger partial charge in [-0.2, -0.15) is 0 Å². The molecule has 6 aromatic carbocycles. The highest BCUT2D eigenvalue weighted by Gasteiger charge is 2.23. The Morgan fingerprint density at radius 2 is 1.10 bits per heavy atom. The summed E-state index contributed by atoms with van der Waals surface area (Å²) in [5.74, 6) is 1.87. The van der Waals surface area contributed by atoms with Crippen LogP contribution in [0.5, 0.6) is 0 Å². The summed E-state index contributed by atoms with van der Waals surface area (Å²) in [5.41, 5.74) is 13.8. The number of hydrogen-bond acceptors (Lipinski definition) is 5. The first kappa shape index (κ1) is 29.2. The molecule has 0 fully saturated rings. The third-order valence-corrected chi connectivity index (χ3v) is 10.7. The zero-order valence-corrected chi connectivity index (χ0v) is 28.3. The van der Waals surface area contributed by atoms with Crippen molar-refractivity contribution in [2.75, 3.05) is 0 Å². The number of para-hydroxylation sites is 3. The van der Waals surface area contributed by atoms with Gasteiger partial charge < -0.3 is 8.83 Å². The molecule has 0 saturated carbocycles. The lowest BCUT2D eigenvalue weighted by atomic mass is 9.82. The molecule has 11 rings (SSSR count). The molecule has 2 aliphatic carbocycles. The fourth-order valence-corrected chi connectivity index (χ4v) is 8.27. The van der Waals surface area contributed by atoms with E-state index in [1.807, 2.05) is 36.4 Å². The third-order valence-electron chi connectivity index (χ3n) is 10.7. The van der Waals surface area contributed by atoms with E-state index in [9.17, 15) is 0 Å². The Labute approximate surface area is 299 Å². The van der Waals surface area contributed by atoms with Crippen molar-refractivity contribution < 1.29 is 8.83 Å². The van der Waals surface area contributed by atoms with Crippen LogP contribution in [0.4, 0.5) is 0 Å². The van der Waals surface area contributed by atoms with Gasteiger partial charge in [-0.25, -0.2) is 15.0 Å². The normalized spacial score (nSPS) is 13.7. The summed E-state index contributed by atoms with van der Waals surface area (Å²) in [7, 11) is 0. The van der Waals surface area contributed by atoms with Gasteiger partial charge in [-0.3, -0.25) is 0 Å². The molecule has 0 amide bonds. The summed E-state index contributed by atoms with van der Waals surface area (Å²) in [5, 5.41) is 4.35. The van der Waals surface area contributed by atoms with Gasteiger partial charge >= 0.3 is 0 Å². The molecule has 246 valence electrons. The summed E-state index contributed by atoms with van der Waals surface area (Å²) in [4.78, 5) is 15.7. The molecule has 0 spiro atoms. The molecule has 3 heterocycles. The van der Waals surface area contributed by atoms with Crippen LogP contribution in [-0.4, -0.2) is 15.0 Å². The van der Waals surface area contributed by atoms with Crippen LogP contribution in [0, 0.1) is 0 Å². The summed E-state index contributed by atoms with van der Waals surface area (Å²) < 4.78 is 12.7. The van der Waals surface area contributed by atoms with Crippen LogP contribution in [0.2, 0.25) is 0 Å². The molecule has 5 nitrogen and oxygen atoms in total. The van der Waals surface area contributed by atoms with Crippen LogP contribution >= 0.6 is 0 Å². The summed E-state index contributed by atoms with van der Waals surface area (Å²) in [6.45, 7) is 0. The highest BCUT2D eigenvalue weighted by molar-refractivity contribution is 6.12. The summed E-state index contributed by atoms with van der Waals surface area (Å²) in [6.07, 6.45) is 13.3. The number of furan rings is 2. The highest BCUT2D eigenvalue weighted by atomic mass is 16.3. The van der Waals surface area contributed by atoms with Crippen LogP contribution < -0.4 is 0 Å². The second-order valence-electron chi connectivity index (χ2n) is 13.7. The van der Waals surface area contributed by atoms with Crippen LogP contribution in [0.1, 0.15) is 35.1 Å². The fraction of sp³-hybridized carbons (Fsp3) is 0.0851. The monoisotopic (exact) mass is 669 g/mol. The average Bonchev–Trinajstić information content (AvgIpc) is 3.79. The number of nitrogens with zero attached hydrogens (tertiary/aromatic N) is 3. The van der Waals surface area contributed by atoms with Gasteiger partial charge in [0.2, 0.25) is 0 Å². The lowest BCUT2D eigenvalue weighted by Gasteiger charge is -2.23. The van der Waals surface area contributed by atoms with Crippen molar-refractivity contribution in [3.63, 3.8) is 0 Å². The molecule has 9 aromatic rings. The van der Waals surface area contributed by atoms with Gasteiger partial charge in [0.05, 0.1) is 5.56 Å². The van der Waals surface area contributed by atoms with Gasteiger partial charge in [0.15, 0.2) is 17.5 Å². The van der Waals surface area contributed by atoms with E-state index in [4.69, 9.17) is 23.8 Å². The quantitative estimate of drug-likeness (QED) is 0.187. The molecule has 0 atom stereocenters. The maximum absolute atomic E-state index is 6.49. The molecule has 5 heteroatoms. The SMILES string of the molecule is C1=Cc2cc(-c3nc(-c4ccc(-c5cccc6oc7ccccc7c56)cc4)nc(-c4cccc5c4oc4ccccc45)n3)c3c(c2CC1)CCC=C3. The Morgan fingerprint density at radius 3 is 1.96 bits per heavy atom. The van der Waals surface area contributed by atoms with E-state index >= 15 is 0 Å². The van der Waals surface area contributed by atoms with Gasteiger partial charge in [0.25, 0.3) is 0 Å². The van der Waals surface area contributed by atoms with E-state index in [0.717, 1.165) is 97.4 Å². The zero-order chi connectivity index (χ0) is 34.2. The average molecular weight is 670 g/mol. The first-order valence-corrected chi connectivity index (χ1v) is 18.0. The Balaban J connectivity index is 1.11. The predicted molar refractivity (Wildman–Crippen MR) is 211 cm³/mol. The van der Waals surface area contributed by atoms with Crippen molar-refractivity contribution in [1.29, 1.82) is 0 Å². The molecule has 0 unspecified atom stereocenters. The second kappa shape index (κ2) is 11.5. The number of aromatic nitrogens is 3. The van der Waals surface area contributed by atoms with Crippen LogP contribution in [-0.2, 0) is 12.8 Å². The van der Waals surface area contributed by atoms with Crippen molar-refractivity contribution in [1.82, 2.24) is 15.0 Å². The van der Waals surface area contributed by atoms with Crippen LogP contribution in [0.15, 0.2) is 136 Å². The van der Waals surface area contributed by atoms with Crippen LogP contribution in [0.25, 0.3) is 101 Å². The molecule has 0 N–H and O–H groups in total. The van der Waals surface area contributed by atoms with E-state index in [1.54, 1.807) is 0 Å². The first-order valence-electron chi connectivity index (χ1n) is 18.0. The largest absolute Gasteiger partial charge is 0.456 e. The molecule has 0 bridgehead atoms. The molecular formula is C47H31N3O2. The second-order valence-corrected chi connectivity index (χ2v) is 13.7. The Bertz CT molecular complexity index is 2960. The van der Waals surface area contributed by atoms with Gasteiger partial charge in [0.1, 0.15) is 22.3 Å². The molecular weight excluding hydrogens is 639 g/mol. The van der Waals surface area contributed by atoms with E-state index in [-0.39, 0.29) is 0 Å². The first-order chi connectivity index (χ1) is 25.8. The van der Waals surface area contributed by atoms with Crippen LogP contribution in [0.3, 0.4) is 0 Å². The molecule has 0 saturated heterocycles. The molecule has 2 aliphatic rings. The third kappa shape index (κ3) is 4.52. The van der Waals surface area contributed by atoms with Crippen molar-refractivity contribution >= 4 is 56.0 Å². The van der Waals surface area contributed by atoms with Gasteiger partial charge in [0, 0.05) is 32.7 Å². The molecule has 52 heavy (non-hydrogen) atoms. The summed E-state index contributed by atoms with van der Waals surface area (Å²) >= 11 is 0. The zero-order valence-electron chi connectivity index (χ0n) is 28.3. The number of allylic oxidation sites excluding steroid dienone is 2. The number of benzene rings is 6. The predicted octanol–water partition coefficient (Wildman–Crippen LogP) is 12.3. The Kier molecular flexibility index (Phi) is 6.44. The lowest BCUT2D eigenvalue weighted by molar-refractivity contribution is 0.669. The maximum atomic E-state index is 6.49. The Hall–Kier alpha value is -6.59. The minimum Gasteiger partial charge on any atom is -0.456 e. The topological polar surface area (TPSA) is 65.0 Å². The van der Waals surface area contributed by atoms with Gasteiger partial charge in [-0.05, 0) is 89.4 Å². The van der Waals surface area contributed by atoms with Crippen molar-refractivity contribution in [3.8, 4) is 45.3 Å². The van der Waals surface area contributed by atoms with Gasteiger partial charge in [-0.15, -0.1) is 0 Å². The summed E-state index contributed by atoms with van der Waals surface area (Å²) in [6, 6.07) is 39.7. The standard InChI is InChI=1S/C47H31N3O2/c1-2-12-31-30(11-1)27-39(34-14-4-3-13-33(31)34)47-49-45(48-46(50-47)38-19-9-18-36-35-15-5-7-20-40(35)52-44(36)38)29-25-23-28(24-26-29)32-17-10-22-42-43(32)37-16-6-8-21-41(37)51-42/h1,4-11,14-27H,2-3,12-13H2. The van der Waals surface area contributed by atoms with E-state index < -0.39 is 0 Å². The van der Waals surface area contributed by atoms with Crippen molar-refractivity contribution in [3.05, 3.63) is 150 Å². The lowest BCUT2D eigenvalue weighted by Crippen LogP contribution is -2.09. The maximum Gasteiger partial charge on any atom is 0.167 e. The van der Waals surface area contributed by atoms with E-state index in [1.165, 1.54) is 22.3 Å². The minimum absolute atomic E-state index is 0.588. The fourth-order valence-electron chi connectivity index (χ4n) is 8.27. The van der Waals surface area contributed by atoms with Gasteiger partial charge in [-0.1, -0.05) is 109 Å². The molecule has 0 radical (unpaired) electrons. The smallest absolute Gasteiger partial charge is 0.167 e. The van der Waals surface area contributed by atoms with E-state index in [0.29, 0.717) is 17.5 Å². The number of hydrogen-bond donors (Lipinski definition) is 0. The highest BCUT2D eigenvalue weighted by Crippen LogP contribution is 2.41. The minimum atomic E-state index is 0.588.